The number of ether oxygens (including phenoxy) is 1. The highest BCUT2D eigenvalue weighted by Crippen LogP contribution is 2.21. The van der Waals surface area contributed by atoms with Crippen molar-refractivity contribution in [2.45, 2.75) is 32.9 Å². The number of fused-ring (bicyclic) bond motifs is 1. The first-order valence-electron chi connectivity index (χ1n) is 8.60. The Labute approximate surface area is 147 Å². The van der Waals surface area contributed by atoms with Gasteiger partial charge in [0.1, 0.15) is 11.6 Å². The lowest BCUT2D eigenvalue weighted by Crippen LogP contribution is -2.37. The van der Waals surface area contributed by atoms with Crippen molar-refractivity contribution in [1.82, 2.24) is 30.4 Å². The fourth-order valence-electron chi connectivity index (χ4n) is 2.85. The van der Waals surface area contributed by atoms with Crippen LogP contribution in [-0.4, -0.2) is 45.4 Å². The average Bonchev–Trinajstić information content (AvgIpc) is 2.86. The normalized spacial score (nSPS) is 15.3. The molecule has 134 valence electrons. The second-order valence-electron chi connectivity index (χ2n) is 6.39. The Morgan fingerprint density at radius 1 is 1.40 bits per heavy atom. The molecule has 0 saturated carbocycles. The summed E-state index contributed by atoms with van der Waals surface area (Å²) in [6.07, 6.45) is 4.09. The van der Waals surface area contributed by atoms with Crippen LogP contribution in [-0.2, 0) is 17.8 Å². The minimum atomic E-state index is -0.204. The highest BCUT2D eigenvalue weighted by atomic mass is 16.5. The fraction of sp³-hybridized carbons (Fsp3) is 0.529. The molecule has 1 amide bonds. The first-order chi connectivity index (χ1) is 12.1. The second kappa shape index (κ2) is 8.06. The standard InChI is InChI=1S/C17H24N6O2/c1-12(2)16(17-22-21-14-5-7-18-8-9-23(14)17)20-15(24)11-25-13-4-3-6-19-10-13/h3-4,6,10,12,16,18H,5,7-9,11H2,1-2H3,(H,20,24)/t16-/m0/s1. The summed E-state index contributed by atoms with van der Waals surface area (Å²) < 4.78 is 7.59. The molecule has 8 heteroatoms. The molecule has 2 N–H and O–H groups in total. The number of amides is 1. The number of nitrogens with zero attached hydrogens (tertiary/aromatic N) is 4. The molecular weight excluding hydrogens is 320 g/mol. The third kappa shape index (κ3) is 4.33. The molecule has 0 radical (unpaired) electrons. The fourth-order valence-corrected chi connectivity index (χ4v) is 2.85. The molecule has 0 fully saturated rings. The van der Waals surface area contributed by atoms with Crippen molar-refractivity contribution in [2.24, 2.45) is 5.92 Å². The summed E-state index contributed by atoms with van der Waals surface area (Å²) in [5, 5.41) is 15.0. The van der Waals surface area contributed by atoms with Crippen molar-refractivity contribution in [2.75, 3.05) is 19.7 Å². The van der Waals surface area contributed by atoms with Crippen LogP contribution >= 0.6 is 0 Å². The summed E-state index contributed by atoms with van der Waals surface area (Å²) in [5.41, 5.74) is 0. The molecule has 3 heterocycles. The molecule has 25 heavy (non-hydrogen) atoms. The first-order valence-corrected chi connectivity index (χ1v) is 8.60. The molecule has 0 bridgehead atoms. The molecule has 8 nitrogen and oxygen atoms in total. The van der Waals surface area contributed by atoms with E-state index in [4.69, 9.17) is 4.74 Å². The summed E-state index contributed by atoms with van der Waals surface area (Å²) in [6.45, 7) is 6.64. The van der Waals surface area contributed by atoms with Gasteiger partial charge in [0.25, 0.3) is 5.91 Å². The van der Waals surface area contributed by atoms with Gasteiger partial charge in [0.2, 0.25) is 0 Å². The Bertz CT molecular complexity index is 700. The highest BCUT2D eigenvalue weighted by molar-refractivity contribution is 5.77. The smallest absolute Gasteiger partial charge is 0.258 e. The monoisotopic (exact) mass is 344 g/mol. The zero-order valence-corrected chi connectivity index (χ0v) is 14.6. The molecule has 2 aromatic rings. The third-order valence-corrected chi connectivity index (χ3v) is 4.16. The van der Waals surface area contributed by atoms with Gasteiger partial charge in [0.05, 0.1) is 12.2 Å². The van der Waals surface area contributed by atoms with Crippen molar-refractivity contribution < 1.29 is 9.53 Å². The van der Waals surface area contributed by atoms with Gasteiger partial charge in [-0.1, -0.05) is 13.8 Å². The van der Waals surface area contributed by atoms with E-state index in [0.717, 1.165) is 37.7 Å². The number of carbonyl (C=O) groups excluding carboxylic acids is 1. The Kier molecular flexibility index (Phi) is 5.60. The summed E-state index contributed by atoms with van der Waals surface area (Å²) in [5.74, 6) is 2.34. The minimum Gasteiger partial charge on any atom is -0.482 e. The van der Waals surface area contributed by atoms with Gasteiger partial charge in [-0.15, -0.1) is 10.2 Å². The number of nitrogens with one attached hydrogen (secondary N) is 2. The maximum Gasteiger partial charge on any atom is 0.258 e. The zero-order valence-electron chi connectivity index (χ0n) is 14.6. The predicted molar refractivity (Wildman–Crippen MR) is 92.0 cm³/mol. The number of hydrogen-bond acceptors (Lipinski definition) is 6. The van der Waals surface area contributed by atoms with Gasteiger partial charge >= 0.3 is 0 Å². The third-order valence-electron chi connectivity index (χ3n) is 4.16. The first kappa shape index (κ1) is 17.3. The van der Waals surface area contributed by atoms with Gasteiger partial charge in [0.15, 0.2) is 12.4 Å². The maximum atomic E-state index is 12.3. The topological polar surface area (TPSA) is 94.0 Å². The van der Waals surface area contributed by atoms with Crippen LogP contribution in [0.2, 0.25) is 0 Å². The second-order valence-corrected chi connectivity index (χ2v) is 6.39. The average molecular weight is 344 g/mol. The molecule has 0 aromatic carbocycles. The van der Waals surface area contributed by atoms with Crippen molar-refractivity contribution in [1.29, 1.82) is 0 Å². The lowest BCUT2D eigenvalue weighted by atomic mass is 10.0. The van der Waals surface area contributed by atoms with E-state index in [1.54, 1.807) is 24.5 Å². The van der Waals surface area contributed by atoms with E-state index in [9.17, 15) is 4.79 Å². The Morgan fingerprint density at radius 3 is 3.04 bits per heavy atom. The van der Waals surface area contributed by atoms with E-state index < -0.39 is 0 Å². The number of hydrogen-bond donors (Lipinski definition) is 2. The molecule has 2 aromatic heterocycles. The van der Waals surface area contributed by atoms with E-state index in [-0.39, 0.29) is 24.5 Å². The summed E-state index contributed by atoms with van der Waals surface area (Å²) >= 11 is 0. The van der Waals surface area contributed by atoms with Gasteiger partial charge in [-0.3, -0.25) is 9.78 Å². The lowest BCUT2D eigenvalue weighted by Gasteiger charge is -2.22. The van der Waals surface area contributed by atoms with Crippen molar-refractivity contribution in [3.05, 3.63) is 36.2 Å². The molecule has 3 rings (SSSR count). The lowest BCUT2D eigenvalue weighted by molar-refractivity contribution is -0.124. The van der Waals surface area contributed by atoms with E-state index in [1.807, 2.05) is 0 Å². The molecule has 1 aliphatic rings. The predicted octanol–water partition coefficient (Wildman–Crippen LogP) is 0.711. The molecule has 1 aliphatic heterocycles. The van der Waals surface area contributed by atoms with Crippen LogP contribution < -0.4 is 15.4 Å². The molecule has 0 aliphatic carbocycles. The van der Waals surface area contributed by atoms with E-state index in [0.29, 0.717) is 5.75 Å². The summed E-state index contributed by atoms with van der Waals surface area (Å²) in [6, 6.07) is 3.33. The molecular formula is C17H24N6O2. The minimum absolute atomic E-state index is 0.0581. The van der Waals surface area contributed by atoms with E-state index in [1.165, 1.54) is 0 Å². The summed E-state index contributed by atoms with van der Waals surface area (Å²) in [4.78, 5) is 16.3. The van der Waals surface area contributed by atoms with Crippen LogP contribution in [0.5, 0.6) is 5.75 Å². The molecule has 1 atom stereocenters. The van der Waals surface area contributed by atoms with Gasteiger partial charge in [-0.05, 0) is 18.1 Å². The van der Waals surface area contributed by atoms with Crippen LogP contribution in [0.25, 0.3) is 0 Å². The Balaban J connectivity index is 1.67. The number of aromatic nitrogens is 4. The van der Waals surface area contributed by atoms with E-state index >= 15 is 0 Å². The number of rotatable bonds is 6. The molecule has 0 spiro atoms. The van der Waals surface area contributed by atoms with Gasteiger partial charge in [0, 0.05) is 32.3 Å². The van der Waals surface area contributed by atoms with Crippen LogP contribution in [0.3, 0.4) is 0 Å². The maximum absolute atomic E-state index is 12.3. The van der Waals surface area contributed by atoms with Crippen molar-refractivity contribution in [3.63, 3.8) is 0 Å². The highest BCUT2D eigenvalue weighted by Gasteiger charge is 2.26. The van der Waals surface area contributed by atoms with Crippen LogP contribution in [0.4, 0.5) is 0 Å². The number of pyridine rings is 1. The van der Waals surface area contributed by atoms with Crippen LogP contribution in [0.1, 0.15) is 31.5 Å². The van der Waals surface area contributed by atoms with Crippen LogP contribution in [0.15, 0.2) is 24.5 Å². The van der Waals surface area contributed by atoms with Crippen LogP contribution in [0, 0.1) is 5.92 Å². The van der Waals surface area contributed by atoms with Gasteiger partial charge in [-0.25, -0.2) is 0 Å². The summed E-state index contributed by atoms with van der Waals surface area (Å²) in [7, 11) is 0. The zero-order chi connectivity index (χ0) is 17.6. The van der Waals surface area contributed by atoms with Gasteiger partial charge in [-0.2, -0.15) is 0 Å². The SMILES string of the molecule is CC(C)[C@H](NC(=O)COc1cccnc1)c1nnc2n1CCNCC2. The molecule has 0 saturated heterocycles. The number of carbonyl (C=O) groups is 1. The van der Waals surface area contributed by atoms with E-state index in [2.05, 4.69) is 44.2 Å². The van der Waals surface area contributed by atoms with Gasteiger partial charge < -0.3 is 19.9 Å². The quantitative estimate of drug-likeness (QED) is 0.802. The Hall–Kier alpha value is -2.48. The Morgan fingerprint density at radius 2 is 2.28 bits per heavy atom. The van der Waals surface area contributed by atoms with Crippen molar-refractivity contribution in [3.8, 4) is 5.75 Å². The van der Waals surface area contributed by atoms with Crippen molar-refractivity contribution >= 4 is 5.91 Å². The molecule has 0 unspecified atom stereocenters. The largest absolute Gasteiger partial charge is 0.482 e.